The van der Waals surface area contributed by atoms with Crippen LogP contribution in [0.1, 0.15) is 18.4 Å². The summed E-state index contributed by atoms with van der Waals surface area (Å²) in [7, 11) is 0. The van der Waals surface area contributed by atoms with Gasteiger partial charge in [0.15, 0.2) is 0 Å². The summed E-state index contributed by atoms with van der Waals surface area (Å²) in [5.74, 6) is -0.404. The minimum atomic E-state index is -1.09. The molecule has 2 rings (SSSR count). The fraction of sp³-hybridized carbons (Fsp3) is 0.133. The number of para-hydroxylation sites is 1. The van der Waals surface area contributed by atoms with Gasteiger partial charge in [-0.05, 0) is 29.8 Å². The Kier molecular flexibility index (Phi) is 11.2. The molecule has 0 aromatic heterocycles. The maximum Gasteiger partial charge on any atom is 2.00 e. The molecule has 0 aliphatic carbocycles. The summed E-state index contributed by atoms with van der Waals surface area (Å²) in [5, 5.41) is 10.8. The standard InChI is InChI=1S/C15H14O3.Ca.2H2O/c1-11(15(16)17)12-6-5-9-14(10-12)18-13-7-3-2-4-8-13;;;/h2-11H,1H3,(H,16,17);;2*1H2/q;+2;;/p-1. The minimum absolute atomic E-state index is 0. The first-order valence-electron chi connectivity index (χ1n) is 5.70. The summed E-state index contributed by atoms with van der Waals surface area (Å²) in [6, 6.07) is 16.4. The normalized spacial score (nSPS) is 10.1. The van der Waals surface area contributed by atoms with E-state index in [2.05, 4.69) is 0 Å². The molecule has 0 amide bonds. The van der Waals surface area contributed by atoms with Gasteiger partial charge in [-0.1, -0.05) is 37.3 Å². The first kappa shape index (κ1) is 22.2. The van der Waals surface area contributed by atoms with E-state index in [-0.39, 0.29) is 48.7 Å². The van der Waals surface area contributed by atoms with Gasteiger partial charge in [0.1, 0.15) is 11.5 Å². The summed E-state index contributed by atoms with van der Waals surface area (Å²) < 4.78 is 5.64. The van der Waals surface area contributed by atoms with Gasteiger partial charge in [0, 0.05) is 11.9 Å². The number of carboxylic acids is 1. The molecular weight excluding hydrogens is 300 g/mol. The van der Waals surface area contributed by atoms with E-state index in [0.717, 1.165) is 5.75 Å². The molecule has 0 saturated heterocycles. The molecular formula is C15H17CaO5+. The second-order valence-electron chi connectivity index (χ2n) is 4.03. The molecule has 0 aliphatic heterocycles. The molecule has 0 saturated carbocycles. The number of rotatable bonds is 4. The number of hydrogen-bond acceptors (Lipinski definition) is 3. The quantitative estimate of drug-likeness (QED) is 0.756. The number of carbonyl (C=O) groups excluding carboxylic acids is 1. The van der Waals surface area contributed by atoms with E-state index in [0.29, 0.717) is 11.3 Å². The molecule has 0 aliphatic rings. The summed E-state index contributed by atoms with van der Waals surface area (Å²) >= 11 is 0. The van der Waals surface area contributed by atoms with Gasteiger partial charge < -0.3 is 25.6 Å². The zero-order valence-corrected chi connectivity index (χ0v) is 13.9. The minimum Gasteiger partial charge on any atom is -0.550 e. The summed E-state index contributed by atoms with van der Waals surface area (Å²) in [6.07, 6.45) is 0. The van der Waals surface area contributed by atoms with Crippen LogP contribution in [0.5, 0.6) is 11.5 Å². The summed E-state index contributed by atoms with van der Waals surface area (Å²) in [6.45, 7) is 1.59. The molecule has 2 aromatic rings. The molecule has 1 atom stereocenters. The molecule has 6 heteroatoms. The van der Waals surface area contributed by atoms with Gasteiger partial charge in [-0.25, -0.2) is 0 Å². The Morgan fingerprint density at radius 3 is 2.14 bits per heavy atom. The van der Waals surface area contributed by atoms with Crippen LogP contribution in [0.2, 0.25) is 0 Å². The van der Waals surface area contributed by atoms with Gasteiger partial charge in [0.25, 0.3) is 0 Å². The average Bonchev–Trinajstić information content (AvgIpc) is 2.39. The van der Waals surface area contributed by atoms with Crippen molar-refractivity contribution >= 4 is 43.7 Å². The van der Waals surface area contributed by atoms with Crippen molar-refractivity contribution in [3.63, 3.8) is 0 Å². The Hall–Kier alpha value is -1.11. The molecule has 1 unspecified atom stereocenters. The first-order chi connectivity index (χ1) is 8.66. The fourth-order valence-corrected chi connectivity index (χ4v) is 1.61. The van der Waals surface area contributed by atoms with Crippen LogP contribution >= 0.6 is 0 Å². The molecule has 108 valence electrons. The van der Waals surface area contributed by atoms with Crippen molar-refractivity contribution in [1.82, 2.24) is 0 Å². The first-order valence-corrected chi connectivity index (χ1v) is 5.70. The molecule has 4 N–H and O–H groups in total. The van der Waals surface area contributed by atoms with E-state index in [1.807, 2.05) is 30.3 Å². The van der Waals surface area contributed by atoms with E-state index in [9.17, 15) is 9.90 Å². The summed E-state index contributed by atoms with van der Waals surface area (Å²) in [5.41, 5.74) is 0.670. The van der Waals surface area contributed by atoms with Gasteiger partial charge in [0.2, 0.25) is 0 Å². The number of carbonyl (C=O) groups is 1. The largest absolute Gasteiger partial charge is 2.00 e. The van der Waals surface area contributed by atoms with Crippen molar-refractivity contribution in [1.29, 1.82) is 0 Å². The second-order valence-corrected chi connectivity index (χ2v) is 4.03. The number of ether oxygens (including phenoxy) is 1. The predicted octanol–water partition coefficient (Wildman–Crippen LogP) is 0.302. The number of hydrogen-bond donors (Lipinski definition) is 0. The van der Waals surface area contributed by atoms with Crippen LogP contribution in [-0.4, -0.2) is 54.7 Å². The van der Waals surface area contributed by atoms with E-state index >= 15 is 0 Å². The van der Waals surface area contributed by atoms with E-state index in [1.165, 1.54) is 0 Å². The van der Waals surface area contributed by atoms with Crippen LogP contribution < -0.4 is 9.84 Å². The van der Waals surface area contributed by atoms with Crippen molar-refractivity contribution in [3.8, 4) is 11.5 Å². The predicted molar refractivity (Wildman–Crippen MR) is 79.4 cm³/mol. The Bertz CT molecular complexity index is 545. The number of aliphatic carboxylic acids is 1. The topological polar surface area (TPSA) is 112 Å². The zero-order chi connectivity index (χ0) is 13.0. The van der Waals surface area contributed by atoms with E-state index in [4.69, 9.17) is 4.74 Å². The monoisotopic (exact) mass is 317 g/mol. The number of benzene rings is 2. The molecule has 0 bridgehead atoms. The molecule has 0 fully saturated rings. The summed E-state index contributed by atoms with van der Waals surface area (Å²) in [4.78, 5) is 10.8. The van der Waals surface area contributed by atoms with E-state index in [1.54, 1.807) is 31.2 Å². The van der Waals surface area contributed by atoms with Crippen LogP contribution in [0, 0.1) is 0 Å². The molecule has 0 spiro atoms. The molecule has 21 heavy (non-hydrogen) atoms. The Morgan fingerprint density at radius 2 is 1.57 bits per heavy atom. The molecule has 2 aromatic carbocycles. The van der Waals surface area contributed by atoms with Crippen LogP contribution in [0.25, 0.3) is 0 Å². The zero-order valence-electron chi connectivity index (χ0n) is 11.7. The Balaban J connectivity index is 0. The molecule has 5 nitrogen and oxygen atoms in total. The Morgan fingerprint density at radius 1 is 1.00 bits per heavy atom. The van der Waals surface area contributed by atoms with Crippen molar-refractivity contribution in [2.24, 2.45) is 0 Å². The van der Waals surface area contributed by atoms with Crippen molar-refractivity contribution in [2.45, 2.75) is 12.8 Å². The second kappa shape index (κ2) is 10.6. The average molecular weight is 317 g/mol. The third kappa shape index (κ3) is 6.46. The maximum atomic E-state index is 10.8. The van der Waals surface area contributed by atoms with Crippen LogP contribution in [0.4, 0.5) is 0 Å². The third-order valence-corrected chi connectivity index (χ3v) is 2.69. The maximum absolute atomic E-state index is 10.8. The van der Waals surface area contributed by atoms with Gasteiger partial charge in [0.05, 0.1) is 0 Å². The Labute approximate surface area is 153 Å². The van der Waals surface area contributed by atoms with Crippen LogP contribution in [-0.2, 0) is 4.79 Å². The molecule has 0 radical (unpaired) electrons. The fourth-order valence-electron chi connectivity index (χ4n) is 1.61. The smallest absolute Gasteiger partial charge is 0.550 e. The SMILES string of the molecule is CC(C(=O)[O-])c1cccc(Oc2ccccc2)c1.O.O.[Ca+2]. The van der Waals surface area contributed by atoms with Crippen LogP contribution in [0.3, 0.4) is 0 Å². The number of carboxylic acid groups (broad SMARTS) is 1. The van der Waals surface area contributed by atoms with Gasteiger partial charge in [-0.15, -0.1) is 0 Å². The van der Waals surface area contributed by atoms with Gasteiger partial charge in [-0.3, -0.25) is 0 Å². The third-order valence-electron chi connectivity index (χ3n) is 2.69. The van der Waals surface area contributed by atoms with Crippen molar-refractivity contribution in [2.75, 3.05) is 0 Å². The van der Waals surface area contributed by atoms with E-state index < -0.39 is 11.9 Å². The van der Waals surface area contributed by atoms with Crippen LogP contribution in [0.15, 0.2) is 54.6 Å². The van der Waals surface area contributed by atoms with Gasteiger partial charge >= 0.3 is 37.7 Å². The molecule has 0 heterocycles. The van der Waals surface area contributed by atoms with Crippen molar-refractivity contribution < 1.29 is 25.6 Å². The van der Waals surface area contributed by atoms with Gasteiger partial charge in [-0.2, -0.15) is 0 Å². The van der Waals surface area contributed by atoms with Crippen molar-refractivity contribution in [3.05, 3.63) is 60.2 Å².